The minimum absolute atomic E-state index is 0.0255. The number of nitrogens with two attached hydrogens (primary N) is 1. The highest BCUT2D eigenvalue weighted by Gasteiger charge is 2.47. The average molecular weight is 460 g/mol. The smallest absolute Gasteiger partial charge is 0.336 e. The standard InChI is InChI=1S/C26H41N3O4/c1-6-8-10-14-29(15-11-9-7-2)23(31)26(27,24(32)33-25(3,4)5)17-19-18-28-22-13-12-20(30)16-21(19)22/h12-13,16,18,28,30H,6-11,14-15,17,27H2,1-5H3/t26-/m1/s1. The minimum atomic E-state index is -1.87. The van der Waals surface area contributed by atoms with Gasteiger partial charge >= 0.3 is 5.97 Å². The quantitative estimate of drug-likeness (QED) is 0.243. The topological polar surface area (TPSA) is 109 Å². The van der Waals surface area contributed by atoms with E-state index < -0.39 is 23.0 Å². The Hall–Kier alpha value is -2.54. The van der Waals surface area contributed by atoms with Gasteiger partial charge in [0.05, 0.1) is 0 Å². The summed E-state index contributed by atoms with van der Waals surface area (Å²) in [6.45, 7) is 10.6. The molecular formula is C26H41N3O4. The molecule has 1 atom stereocenters. The molecule has 7 heteroatoms. The molecule has 0 aliphatic carbocycles. The SMILES string of the molecule is CCCCCN(CCCCC)C(=O)[C@](N)(Cc1c[nH]c2ccc(O)cc12)C(=O)OC(C)(C)C. The monoisotopic (exact) mass is 459 g/mol. The molecule has 184 valence electrons. The Balaban J connectivity index is 2.43. The maximum absolute atomic E-state index is 13.9. The summed E-state index contributed by atoms with van der Waals surface area (Å²) in [7, 11) is 0. The van der Waals surface area contributed by atoms with E-state index in [1.807, 2.05) is 0 Å². The number of ether oxygens (including phenoxy) is 1. The third-order valence-corrected chi connectivity index (χ3v) is 5.72. The van der Waals surface area contributed by atoms with Crippen LogP contribution in [0, 0.1) is 0 Å². The molecule has 4 N–H and O–H groups in total. The van der Waals surface area contributed by atoms with Gasteiger partial charge in [-0.05, 0) is 57.4 Å². The summed E-state index contributed by atoms with van der Waals surface area (Å²) in [6, 6.07) is 4.95. The number of aromatic hydroxyl groups is 1. The Morgan fingerprint density at radius 3 is 2.21 bits per heavy atom. The van der Waals surface area contributed by atoms with E-state index in [9.17, 15) is 14.7 Å². The molecule has 33 heavy (non-hydrogen) atoms. The fourth-order valence-corrected chi connectivity index (χ4v) is 3.92. The third-order valence-electron chi connectivity index (χ3n) is 5.72. The lowest BCUT2D eigenvalue weighted by atomic mass is 9.89. The van der Waals surface area contributed by atoms with Crippen LogP contribution in [0.25, 0.3) is 10.9 Å². The summed E-state index contributed by atoms with van der Waals surface area (Å²) in [6.07, 6.45) is 7.52. The normalized spacial score (nSPS) is 13.6. The van der Waals surface area contributed by atoms with Gasteiger partial charge < -0.3 is 25.5 Å². The van der Waals surface area contributed by atoms with Gasteiger partial charge in [-0.25, -0.2) is 4.79 Å². The lowest BCUT2D eigenvalue weighted by molar-refractivity contribution is -0.167. The van der Waals surface area contributed by atoms with Crippen molar-refractivity contribution in [2.45, 2.75) is 90.7 Å². The second kappa shape index (κ2) is 11.5. The molecule has 0 spiro atoms. The Morgan fingerprint density at radius 2 is 1.67 bits per heavy atom. The molecule has 0 radical (unpaired) electrons. The summed E-state index contributed by atoms with van der Waals surface area (Å²) in [5, 5.41) is 10.7. The largest absolute Gasteiger partial charge is 0.508 e. The Kier molecular flexibility index (Phi) is 9.35. The van der Waals surface area contributed by atoms with Crippen LogP contribution in [0.3, 0.4) is 0 Å². The number of carbonyl (C=O) groups excluding carboxylic acids is 2. The molecule has 2 rings (SSSR count). The van der Waals surface area contributed by atoms with Crippen LogP contribution in [0.4, 0.5) is 0 Å². The Bertz CT molecular complexity index is 921. The fourth-order valence-electron chi connectivity index (χ4n) is 3.92. The third kappa shape index (κ3) is 7.22. The van der Waals surface area contributed by atoms with Crippen molar-refractivity contribution in [3.63, 3.8) is 0 Å². The number of aromatic nitrogens is 1. The molecule has 7 nitrogen and oxygen atoms in total. The van der Waals surface area contributed by atoms with Gasteiger partial charge in [-0.2, -0.15) is 0 Å². The van der Waals surface area contributed by atoms with Gasteiger partial charge in [0.1, 0.15) is 11.4 Å². The van der Waals surface area contributed by atoms with Gasteiger partial charge in [0, 0.05) is 36.6 Å². The summed E-state index contributed by atoms with van der Waals surface area (Å²) in [5.74, 6) is -1.03. The van der Waals surface area contributed by atoms with Crippen molar-refractivity contribution in [3.8, 4) is 5.75 Å². The molecule has 0 bridgehead atoms. The predicted octanol–water partition coefficient (Wildman–Crippen LogP) is 4.66. The van der Waals surface area contributed by atoms with Gasteiger partial charge in [-0.15, -0.1) is 0 Å². The summed E-state index contributed by atoms with van der Waals surface area (Å²) >= 11 is 0. The van der Waals surface area contributed by atoms with E-state index in [1.54, 1.807) is 50.1 Å². The first-order valence-corrected chi connectivity index (χ1v) is 12.1. The van der Waals surface area contributed by atoms with E-state index in [0.29, 0.717) is 18.7 Å². The van der Waals surface area contributed by atoms with Crippen LogP contribution in [-0.2, 0) is 20.7 Å². The molecule has 0 saturated heterocycles. The molecule has 0 unspecified atom stereocenters. The second-order valence-corrected chi connectivity index (χ2v) is 9.90. The molecule has 0 aliphatic rings. The first-order chi connectivity index (χ1) is 15.5. The zero-order valence-corrected chi connectivity index (χ0v) is 20.9. The number of H-pyrrole nitrogens is 1. The summed E-state index contributed by atoms with van der Waals surface area (Å²) in [5.41, 5.74) is 5.51. The number of fused-ring (bicyclic) bond motifs is 1. The number of hydrogen-bond donors (Lipinski definition) is 3. The van der Waals surface area contributed by atoms with Gasteiger partial charge in [-0.1, -0.05) is 39.5 Å². The van der Waals surface area contributed by atoms with Crippen molar-refractivity contribution in [1.82, 2.24) is 9.88 Å². The number of aromatic amines is 1. The van der Waals surface area contributed by atoms with Crippen LogP contribution >= 0.6 is 0 Å². The van der Waals surface area contributed by atoms with Gasteiger partial charge in [0.25, 0.3) is 5.91 Å². The van der Waals surface area contributed by atoms with E-state index in [-0.39, 0.29) is 12.2 Å². The van der Waals surface area contributed by atoms with E-state index in [4.69, 9.17) is 10.5 Å². The van der Waals surface area contributed by atoms with Crippen molar-refractivity contribution in [2.75, 3.05) is 13.1 Å². The number of carbonyl (C=O) groups is 2. The van der Waals surface area contributed by atoms with Gasteiger partial charge in [0.15, 0.2) is 5.54 Å². The predicted molar refractivity (Wildman–Crippen MR) is 132 cm³/mol. The molecule has 0 saturated carbocycles. The van der Waals surface area contributed by atoms with Crippen molar-refractivity contribution in [2.24, 2.45) is 5.73 Å². The van der Waals surface area contributed by atoms with E-state index >= 15 is 0 Å². The first kappa shape index (κ1) is 26.7. The highest BCUT2D eigenvalue weighted by atomic mass is 16.6. The molecule has 1 heterocycles. The number of hydrogen-bond acceptors (Lipinski definition) is 5. The van der Waals surface area contributed by atoms with Crippen LogP contribution in [0.1, 0.15) is 78.7 Å². The van der Waals surface area contributed by atoms with Crippen molar-refractivity contribution in [1.29, 1.82) is 0 Å². The number of phenols is 1. The molecule has 1 aromatic heterocycles. The number of phenolic OH excluding ortho intramolecular Hbond substituents is 1. The van der Waals surface area contributed by atoms with Crippen LogP contribution in [0.2, 0.25) is 0 Å². The zero-order valence-electron chi connectivity index (χ0n) is 20.9. The van der Waals surface area contributed by atoms with Gasteiger partial charge in [0.2, 0.25) is 0 Å². The van der Waals surface area contributed by atoms with E-state index in [2.05, 4.69) is 18.8 Å². The molecule has 1 aromatic carbocycles. The van der Waals surface area contributed by atoms with Gasteiger partial charge in [-0.3, -0.25) is 4.79 Å². The average Bonchev–Trinajstić information content (AvgIpc) is 3.12. The molecule has 0 aliphatic heterocycles. The van der Waals surface area contributed by atoms with Crippen LogP contribution < -0.4 is 5.73 Å². The maximum atomic E-state index is 13.9. The number of esters is 1. The summed E-state index contributed by atoms with van der Waals surface area (Å²) in [4.78, 5) is 32.1. The molecule has 1 amide bonds. The van der Waals surface area contributed by atoms with E-state index in [1.165, 1.54) is 0 Å². The van der Waals surface area contributed by atoms with Crippen LogP contribution in [0.15, 0.2) is 24.4 Å². The minimum Gasteiger partial charge on any atom is -0.508 e. The highest BCUT2D eigenvalue weighted by Crippen LogP contribution is 2.28. The number of nitrogens with zero attached hydrogens (tertiary/aromatic N) is 1. The fraction of sp³-hybridized carbons (Fsp3) is 0.615. The lowest BCUT2D eigenvalue weighted by Crippen LogP contribution is -2.63. The maximum Gasteiger partial charge on any atom is 0.336 e. The van der Waals surface area contributed by atoms with Crippen molar-refractivity contribution < 1.29 is 19.4 Å². The number of benzene rings is 1. The number of amides is 1. The zero-order chi connectivity index (χ0) is 24.6. The lowest BCUT2D eigenvalue weighted by Gasteiger charge is -2.35. The van der Waals surface area contributed by atoms with Crippen LogP contribution in [0.5, 0.6) is 5.75 Å². The Morgan fingerprint density at radius 1 is 1.06 bits per heavy atom. The van der Waals surface area contributed by atoms with Crippen LogP contribution in [-0.4, -0.2) is 51.1 Å². The number of nitrogens with one attached hydrogen (secondary N) is 1. The first-order valence-electron chi connectivity index (χ1n) is 12.1. The molecular weight excluding hydrogens is 418 g/mol. The van der Waals surface area contributed by atoms with E-state index in [0.717, 1.165) is 49.4 Å². The Labute approximate surface area is 197 Å². The summed E-state index contributed by atoms with van der Waals surface area (Å²) < 4.78 is 5.64. The number of rotatable bonds is 12. The molecule has 0 fully saturated rings. The second-order valence-electron chi connectivity index (χ2n) is 9.90. The molecule has 2 aromatic rings. The number of unbranched alkanes of at least 4 members (excludes halogenated alkanes) is 4. The van der Waals surface area contributed by atoms with Crippen molar-refractivity contribution in [3.05, 3.63) is 30.0 Å². The highest BCUT2D eigenvalue weighted by molar-refractivity contribution is 6.08. The van der Waals surface area contributed by atoms with Crippen molar-refractivity contribution >= 4 is 22.8 Å².